The summed E-state index contributed by atoms with van der Waals surface area (Å²) < 4.78 is 3.17. The molecule has 2 aromatic heterocycles. The molecule has 30 heavy (non-hydrogen) atoms. The quantitative estimate of drug-likeness (QED) is 0.647. The van der Waals surface area contributed by atoms with Crippen LogP contribution < -0.4 is 11.2 Å². The van der Waals surface area contributed by atoms with Crippen LogP contribution in [0.5, 0.6) is 0 Å². The third-order valence-electron chi connectivity index (χ3n) is 6.09. The number of carbonyl (C=O) groups excluding carboxylic acids is 1. The lowest BCUT2D eigenvalue weighted by molar-refractivity contribution is -0.134. The SMILES string of the molecule is Cc1cccc(-n2c(=O)c3sccc3n(CC(=O)N3CC(C)CC(C)C3)c2=O)c1C. The zero-order valence-electron chi connectivity index (χ0n) is 17.8. The summed E-state index contributed by atoms with van der Waals surface area (Å²) in [5.74, 6) is 0.813. The first kappa shape index (κ1) is 20.6. The van der Waals surface area contributed by atoms with Gasteiger partial charge in [0, 0.05) is 13.1 Å². The van der Waals surface area contributed by atoms with Crippen molar-refractivity contribution >= 4 is 27.5 Å². The van der Waals surface area contributed by atoms with E-state index in [0.717, 1.165) is 17.5 Å². The molecule has 0 N–H and O–H groups in total. The van der Waals surface area contributed by atoms with Gasteiger partial charge in [-0.1, -0.05) is 26.0 Å². The second-order valence-corrected chi connectivity index (χ2v) is 9.52. The summed E-state index contributed by atoms with van der Waals surface area (Å²) in [5.41, 5.74) is 2.19. The van der Waals surface area contributed by atoms with Crippen LogP contribution in [0.15, 0.2) is 39.2 Å². The molecule has 2 atom stereocenters. The smallest absolute Gasteiger partial charge is 0.336 e. The fourth-order valence-corrected chi connectivity index (χ4v) is 5.36. The summed E-state index contributed by atoms with van der Waals surface area (Å²) in [7, 11) is 0. The van der Waals surface area contributed by atoms with E-state index < -0.39 is 5.69 Å². The van der Waals surface area contributed by atoms with Crippen LogP contribution >= 0.6 is 11.3 Å². The normalized spacial score (nSPS) is 19.4. The van der Waals surface area contributed by atoms with Crippen LogP contribution in [-0.4, -0.2) is 33.0 Å². The Bertz CT molecular complexity index is 1230. The average Bonchev–Trinajstić information content (AvgIpc) is 3.17. The van der Waals surface area contributed by atoms with Crippen molar-refractivity contribution in [3.05, 3.63) is 61.6 Å². The summed E-state index contributed by atoms with van der Waals surface area (Å²) in [6.07, 6.45) is 1.11. The van der Waals surface area contributed by atoms with Crippen LogP contribution in [0.1, 0.15) is 31.4 Å². The van der Waals surface area contributed by atoms with Crippen LogP contribution in [-0.2, 0) is 11.3 Å². The highest BCUT2D eigenvalue weighted by molar-refractivity contribution is 7.17. The van der Waals surface area contributed by atoms with Crippen molar-refractivity contribution in [1.29, 1.82) is 0 Å². The van der Waals surface area contributed by atoms with Gasteiger partial charge in [0.05, 0.1) is 11.2 Å². The fraction of sp³-hybridized carbons (Fsp3) is 0.435. The average molecular weight is 426 g/mol. The maximum atomic E-state index is 13.5. The van der Waals surface area contributed by atoms with Gasteiger partial charge in [-0.2, -0.15) is 0 Å². The summed E-state index contributed by atoms with van der Waals surface area (Å²) in [6, 6.07) is 7.33. The Morgan fingerprint density at radius 3 is 2.50 bits per heavy atom. The van der Waals surface area contributed by atoms with E-state index in [4.69, 9.17) is 0 Å². The van der Waals surface area contributed by atoms with E-state index in [1.165, 1.54) is 20.5 Å². The molecule has 7 heteroatoms. The molecule has 3 aromatic rings. The molecule has 1 aromatic carbocycles. The lowest BCUT2D eigenvalue weighted by Gasteiger charge is -2.35. The van der Waals surface area contributed by atoms with Gasteiger partial charge in [0.25, 0.3) is 5.56 Å². The second-order valence-electron chi connectivity index (χ2n) is 8.61. The first-order valence-corrected chi connectivity index (χ1v) is 11.2. The monoisotopic (exact) mass is 425 g/mol. The molecule has 158 valence electrons. The van der Waals surface area contributed by atoms with Crippen molar-refractivity contribution in [1.82, 2.24) is 14.0 Å². The summed E-state index contributed by atoms with van der Waals surface area (Å²) in [4.78, 5) is 41.6. The van der Waals surface area contributed by atoms with Crippen molar-refractivity contribution in [2.75, 3.05) is 13.1 Å². The van der Waals surface area contributed by atoms with E-state index in [-0.39, 0.29) is 18.0 Å². The Hall–Kier alpha value is -2.67. The first-order valence-electron chi connectivity index (χ1n) is 10.3. The number of thiophene rings is 1. The number of likely N-dealkylation sites (tertiary alicyclic amines) is 1. The van der Waals surface area contributed by atoms with Gasteiger partial charge in [0.2, 0.25) is 5.91 Å². The molecule has 1 aliphatic heterocycles. The molecule has 0 saturated carbocycles. The van der Waals surface area contributed by atoms with Crippen molar-refractivity contribution < 1.29 is 4.79 Å². The molecule has 0 bridgehead atoms. The lowest BCUT2D eigenvalue weighted by Crippen LogP contribution is -2.46. The van der Waals surface area contributed by atoms with Crippen LogP contribution in [0.3, 0.4) is 0 Å². The number of nitrogens with zero attached hydrogens (tertiary/aromatic N) is 3. The molecular formula is C23H27N3O3S. The zero-order valence-corrected chi connectivity index (χ0v) is 18.7. The number of amides is 1. The molecule has 1 fully saturated rings. The maximum Gasteiger partial charge on any atom is 0.336 e. The summed E-state index contributed by atoms with van der Waals surface area (Å²) in [5, 5.41) is 1.80. The summed E-state index contributed by atoms with van der Waals surface area (Å²) in [6.45, 7) is 9.52. The van der Waals surface area contributed by atoms with E-state index in [1.807, 2.05) is 30.9 Å². The molecular weight excluding hydrogens is 398 g/mol. The number of fused-ring (bicyclic) bond motifs is 1. The highest BCUT2D eigenvalue weighted by Crippen LogP contribution is 2.22. The maximum absolute atomic E-state index is 13.5. The molecule has 1 amide bonds. The van der Waals surface area contributed by atoms with E-state index in [2.05, 4.69) is 13.8 Å². The highest BCUT2D eigenvalue weighted by Gasteiger charge is 2.27. The number of rotatable bonds is 3. The van der Waals surface area contributed by atoms with Crippen molar-refractivity contribution in [2.24, 2.45) is 11.8 Å². The molecule has 0 aliphatic carbocycles. The van der Waals surface area contributed by atoms with Gasteiger partial charge in [0.1, 0.15) is 11.2 Å². The molecule has 3 heterocycles. The minimum absolute atomic E-state index is 0.0589. The van der Waals surface area contributed by atoms with E-state index in [1.54, 1.807) is 17.5 Å². The Labute approximate surface area is 179 Å². The number of aromatic nitrogens is 2. The highest BCUT2D eigenvalue weighted by atomic mass is 32.1. The van der Waals surface area contributed by atoms with Gasteiger partial charge >= 0.3 is 5.69 Å². The molecule has 0 spiro atoms. The molecule has 2 unspecified atom stereocenters. The van der Waals surface area contributed by atoms with Crippen LogP contribution in [0.25, 0.3) is 15.9 Å². The van der Waals surface area contributed by atoms with Gasteiger partial charge in [-0.25, -0.2) is 9.36 Å². The Morgan fingerprint density at radius 1 is 1.10 bits per heavy atom. The van der Waals surface area contributed by atoms with Crippen molar-refractivity contribution in [3.8, 4) is 5.69 Å². The topological polar surface area (TPSA) is 64.3 Å². The van der Waals surface area contributed by atoms with Gasteiger partial charge in [-0.15, -0.1) is 11.3 Å². The first-order chi connectivity index (χ1) is 14.3. The molecule has 1 saturated heterocycles. The third-order valence-corrected chi connectivity index (χ3v) is 6.98. The van der Waals surface area contributed by atoms with Crippen LogP contribution in [0, 0.1) is 25.7 Å². The Kier molecular flexibility index (Phi) is 5.40. The molecule has 1 aliphatic rings. The minimum atomic E-state index is -0.467. The van der Waals surface area contributed by atoms with E-state index >= 15 is 0 Å². The molecule has 4 rings (SSSR count). The number of benzene rings is 1. The zero-order chi connectivity index (χ0) is 21.6. The predicted octanol–water partition coefficient (Wildman–Crippen LogP) is 3.34. The predicted molar refractivity (Wildman–Crippen MR) is 121 cm³/mol. The molecule has 0 radical (unpaired) electrons. The van der Waals surface area contributed by atoms with Gasteiger partial charge in [-0.05, 0) is 60.7 Å². The van der Waals surface area contributed by atoms with E-state index in [0.29, 0.717) is 40.8 Å². The standard InChI is InChI=1S/C23H27N3O3S/c1-14-10-15(2)12-24(11-14)20(27)13-25-19-8-9-30-21(19)22(28)26(23(25)29)18-7-5-6-16(3)17(18)4/h5-9,14-15H,10-13H2,1-4H3. The van der Waals surface area contributed by atoms with E-state index in [9.17, 15) is 14.4 Å². The minimum Gasteiger partial charge on any atom is -0.341 e. The van der Waals surface area contributed by atoms with Crippen molar-refractivity contribution in [3.63, 3.8) is 0 Å². The molecule has 6 nitrogen and oxygen atoms in total. The summed E-state index contributed by atoms with van der Waals surface area (Å²) >= 11 is 1.30. The van der Waals surface area contributed by atoms with Gasteiger partial charge < -0.3 is 4.90 Å². The van der Waals surface area contributed by atoms with Crippen molar-refractivity contribution in [2.45, 2.75) is 40.7 Å². The number of hydrogen-bond acceptors (Lipinski definition) is 4. The Balaban J connectivity index is 1.84. The number of aryl methyl sites for hydroxylation is 1. The van der Waals surface area contributed by atoms with Gasteiger partial charge in [0.15, 0.2) is 0 Å². The number of piperidine rings is 1. The third kappa shape index (κ3) is 3.51. The number of carbonyl (C=O) groups is 1. The van der Waals surface area contributed by atoms with Gasteiger partial charge in [-0.3, -0.25) is 14.2 Å². The van der Waals surface area contributed by atoms with Crippen LogP contribution in [0.2, 0.25) is 0 Å². The second kappa shape index (κ2) is 7.87. The lowest BCUT2D eigenvalue weighted by atomic mass is 9.92. The number of hydrogen-bond donors (Lipinski definition) is 0. The fourth-order valence-electron chi connectivity index (χ4n) is 4.53. The largest absolute Gasteiger partial charge is 0.341 e. The Morgan fingerprint density at radius 2 is 1.80 bits per heavy atom. The van der Waals surface area contributed by atoms with Crippen LogP contribution in [0.4, 0.5) is 0 Å².